The molecule has 0 aromatic carbocycles. The van der Waals surface area contributed by atoms with Crippen molar-refractivity contribution in [2.75, 3.05) is 31.9 Å². The molecular formula is C17H24F6N2O8S3. The number of alkyl halides is 6. The number of piperazine rings is 1. The van der Waals surface area contributed by atoms with Gasteiger partial charge in [0.25, 0.3) is 10.0 Å². The average Bonchev–Trinajstić information content (AvgIpc) is 3.06. The number of ketones is 1. The Hall–Kier alpha value is -1.02. The molecule has 19 heteroatoms. The van der Waals surface area contributed by atoms with Crippen molar-refractivity contribution in [2.24, 2.45) is 16.7 Å². The zero-order chi connectivity index (χ0) is 28.0. The van der Waals surface area contributed by atoms with Gasteiger partial charge >= 0.3 is 26.5 Å². The summed E-state index contributed by atoms with van der Waals surface area (Å²) in [5.41, 5.74) is -1.84. The standard InChI is InChI=1S/C17H24F6N2O8S3/c1-13(2)11-3-4-14(13,12(26)9-11)10-34(27,28)24-5-7-25(8-6-24)35(29,30)16(20,21)15(18,19)17(22,23)36(31,32)33/h11H,3-10H2,1-2H3,(H,31,32,33). The Morgan fingerprint density at radius 3 is 1.75 bits per heavy atom. The molecule has 2 atom stereocenters. The quantitative estimate of drug-likeness (QED) is 0.328. The van der Waals surface area contributed by atoms with Crippen molar-refractivity contribution in [1.29, 1.82) is 0 Å². The van der Waals surface area contributed by atoms with Crippen LogP contribution in [-0.2, 0) is 35.0 Å². The Bertz CT molecular complexity index is 1260. The predicted octanol–water partition coefficient (Wildman–Crippen LogP) is 1.37. The Morgan fingerprint density at radius 1 is 0.889 bits per heavy atom. The van der Waals surface area contributed by atoms with Crippen LogP contribution in [0.25, 0.3) is 0 Å². The van der Waals surface area contributed by atoms with E-state index in [1.807, 2.05) is 0 Å². The van der Waals surface area contributed by atoms with Crippen LogP contribution in [0.2, 0.25) is 0 Å². The van der Waals surface area contributed by atoms with Gasteiger partial charge in [-0.15, -0.1) is 0 Å². The van der Waals surface area contributed by atoms with Crippen LogP contribution < -0.4 is 0 Å². The van der Waals surface area contributed by atoms with Gasteiger partial charge in [0.1, 0.15) is 5.78 Å². The zero-order valence-corrected chi connectivity index (χ0v) is 21.4. The number of carbonyl (C=O) groups is 1. The van der Waals surface area contributed by atoms with Crippen LogP contribution >= 0.6 is 0 Å². The van der Waals surface area contributed by atoms with Crippen molar-refractivity contribution in [3.8, 4) is 0 Å². The van der Waals surface area contributed by atoms with Gasteiger partial charge in [0, 0.05) is 38.0 Å². The van der Waals surface area contributed by atoms with Crippen LogP contribution in [0.15, 0.2) is 0 Å². The van der Waals surface area contributed by atoms with Crippen molar-refractivity contribution in [1.82, 2.24) is 8.61 Å². The molecule has 1 heterocycles. The van der Waals surface area contributed by atoms with Crippen molar-refractivity contribution in [3.63, 3.8) is 0 Å². The minimum atomic E-state index is -7.15. The van der Waals surface area contributed by atoms with E-state index in [1.165, 1.54) is 0 Å². The lowest BCUT2D eigenvalue weighted by Gasteiger charge is -2.40. The Balaban J connectivity index is 1.80. The molecular weight excluding hydrogens is 570 g/mol. The summed E-state index contributed by atoms with van der Waals surface area (Å²) in [6.07, 6.45) is 1.13. The summed E-state index contributed by atoms with van der Waals surface area (Å²) in [4.78, 5) is 12.6. The highest BCUT2D eigenvalue weighted by Crippen LogP contribution is 2.64. The summed E-state index contributed by atoms with van der Waals surface area (Å²) in [5, 5.41) is -13.6. The fourth-order valence-corrected chi connectivity index (χ4v) is 9.49. The normalized spacial score (nSPS) is 29.1. The van der Waals surface area contributed by atoms with Crippen LogP contribution in [0.3, 0.4) is 0 Å². The van der Waals surface area contributed by atoms with Crippen molar-refractivity contribution >= 4 is 35.9 Å². The lowest BCUT2D eigenvalue weighted by Crippen LogP contribution is -2.64. The van der Waals surface area contributed by atoms with Crippen LogP contribution in [0.5, 0.6) is 0 Å². The van der Waals surface area contributed by atoms with E-state index in [-0.39, 0.29) is 22.4 Å². The van der Waals surface area contributed by atoms with Crippen molar-refractivity contribution in [3.05, 3.63) is 0 Å². The van der Waals surface area contributed by atoms with Crippen LogP contribution in [0, 0.1) is 16.7 Å². The molecule has 1 saturated heterocycles. The van der Waals surface area contributed by atoms with E-state index in [0.717, 1.165) is 0 Å². The number of halogens is 6. The largest absolute Gasteiger partial charge is 0.439 e. The van der Waals surface area contributed by atoms with Crippen LogP contribution in [-0.4, -0.2) is 92.6 Å². The molecule has 0 aromatic heterocycles. The molecule has 210 valence electrons. The first-order valence-corrected chi connectivity index (χ1v) is 15.0. The smallest absolute Gasteiger partial charge is 0.299 e. The van der Waals surface area contributed by atoms with Gasteiger partial charge in [-0.1, -0.05) is 13.8 Å². The molecule has 10 nitrogen and oxygen atoms in total. The van der Waals surface area contributed by atoms with Crippen molar-refractivity contribution in [2.45, 2.75) is 49.5 Å². The highest BCUT2D eigenvalue weighted by Gasteiger charge is 2.82. The predicted molar refractivity (Wildman–Crippen MR) is 111 cm³/mol. The monoisotopic (exact) mass is 594 g/mol. The number of sulfonamides is 2. The molecule has 36 heavy (non-hydrogen) atoms. The van der Waals surface area contributed by atoms with Gasteiger partial charge in [-0.3, -0.25) is 9.35 Å². The van der Waals surface area contributed by atoms with Crippen LogP contribution in [0.1, 0.15) is 33.1 Å². The first-order valence-electron chi connectivity index (χ1n) is 10.5. The third-order valence-corrected chi connectivity index (χ3v) is 12.7. The molecule has 2 aliphatic carbocycles. The molecule has 2 unspecified atom stereocenters. The molecule has 0 radical (unpaired) electrons. The van der Waals surface area contributed by atoms with E-state index in [2.05, 4.69) is 0 Å². The third-order valence-electron chi connectivity index (χ3n) is 7.88. The number of fused-ring (bicyclic) bond motifs is 2. The van der Waals surface area contributed by atoms with E-state index in [1.54, 1.807) is 13.8 Å². The number of carbonyl (C=O) groups excluding carboxylic acids is 1. The maximum atomic E-state index is 14.2. The summed E-state index contributed by atoms with van der Waals surface area (Å²) in [7, 11) is -18.1. The molecule has 0 spiro atoms. The Kier molecular flexibility index (Phi) is 6.76. The Labute approximate surface area is 203 Å². The lowest BCUT2D eigenvalue weighted by molar-refractivity contribution is -0.246. The van der Waals surface area contributed by atoms with E-state index in [0.29, 0.717) is 17.1 Å². The topological polar surface area (TPSA) is 146 Å². The number of hydrogen-bond acceptors (Lipinski definition) is 7. The fourth-order valence-electron chi connectivity index (χ4n) is 5.35. The van der Waals surface area contributed by atoms with Crippen LogP contribution in [0.4, 0.5) is 26.3 Å². The van der Waals surface area contributed by atoms with Gasteiger partial charge in [0.15, 0.2) is 0 Å². The van der Waals surface area contributed by atoms with E-state index < -0.39 is 89.4 Å². The molecule has 1 aliphatic heterocycles. The molecule has 3 fully saturated rings. The van der Waals surface area contributed by atoms with Gasteiger partial charge in [-0.05, 0) is 24.2 Å². The van der Waals surface area contributed by atoms with E-state index in [4.69, 9.17) is 4.55 Å². The first kappa shape index (κ1) is 29.5. The average molecular weight is 595 g/mol. The van der Waals surface area contributed by atoms with Gasteiger partial charge in [-0.25, -0.2) is 16.8 Å². The molecule has 1 N–H and O–H groups in total. The fraction of sp³-hybridized carbons (Fsp3) is 0.941. The summed E-state index contributed by atoms with van der Waals surface area (Å²) in [6.45, 7) is -0.381. The SMILES string of the molecule is CC1(C)C2CCC1(CS(=O)(=O)N1CCN(S(=O)(=O)C(F)(F)C(F)(F)C(F)(F)S(=O)(=O)O)CC1)C(=O)C2. The maximum Gasteiger partial charge on any atom is 0.439 e. The molecule has 2 saturated carbocycles. The number of Topliss-reactive ketones (excluding diaryl/α,β-unsaturated/α-hetero) is 1. The second kappa shape index (κ2) is 8.24. The number of hydrogen-bond donors (Lipinski definition) is 1. The van der Waals surface area contributed by atoms with Gasteiger partial charge in [0.2, 0.25) is 10.0 Å². The van der Waals surface area contributed by atoms with Crippen molar-refractivity contribution < 1.29 is 60.9 Å². The van der Waals surface area contributed by atoms with E-state index >= 15 is 0 Å². The summed E-state index contributed by atoms with van der Waals surface area (Å²) >= 11 is 0. The summed E-state index contributed by atoms with van der Waals surface area (Å²) < 4.78 is 163. The molecule has 3 aliphatic rings. The molecule has 2 bridgehead atoms. The van der Waals surface area contributed by atoms with Gasteiger partial charge in [-0.2, -0.15) is 43.4 Å². The van der Waals surface area contributed by atoms with E-state index in [9.17, 15) is 56.4 Å². The zero-order valence-electron chi connectivity index (χ0n) is 18.9. The summed E-state index contributed by atoms with van der Waals surface area (Å²) in [6, 6.07) is 0. The minimum absolute atomic E-state index is 0.0213. The summed E-state index contributed by atoms with van der Waals surface area (Å²) in [5.74, 6) is -7.96. The molecule has 3 rings (SSSR count). The van der Waals surface area contributed by atoms with Gasteiger partial charge in [0.05, 0.1) is 5.75 Å². The number of nitrogens with zero attached hydrogens (tertiary/aromatic N) is 2. The second-order valence-electron chi connectivity index (χ2n) is 9.81. The first-order chi connectivity index (χ1) is 15.9. The maximum absolute atomic E-state index is 14.2. The van der Waals surface area contributed by atoms with Gasteiger partial charge < -0.3 is 0 Å². The lowest BCUT2D eigenvalue weighted by atomic mass is 9.70. The highest BCUT2D eigenvalue weighted by molar-refractivity contribution is 7.90. The Morgan fingerprint density at radius 2 is 1.36 bits per heavy atom. The second-order valence-corrected chi connectivity index (χ2v) is 15.2. The molecule has 0 aromatic rings. The number of rotatable bonds is 8. The third kappa shape index (κ3) is 3.82. The highest BCUT2D eigenvalue weighted by atomic mass is 32.2. The molecule has 0 amide bonds. The minimum Gasteiger partial charge on any atom is -0.299 e.